The third kappa shape index (κ3) is 6.74. The van der Waals surface area contributed by atoms with E-state index in [1.165, 1.54) is 0 Å². The van der Waals surface area contributed by atoms with Gasteiger partial charge in [0.05, 0.1) is 0 Å². The number of hydrogen-bond donors (Lipinski definition) is 4. The lowest BCUT2D eigenvalue weighted by Gasteiger charge is -2.12. The van der Waals surface area contributed by atoms with Gasteiger partial charge in [-0.05, 0) is 4.53 Å². The van der Waals surface area contributed by atoms with Crippen molar-refractivity contribution in [3.05, 3.63) is 0 Å². The zero-order valence-electron chi connectivity index (χ0n) is 5.96. The summed E-state index contributed by atoms with van der Waals surface area (Å²) in [7, 11) is -16.6. The van der Waals surface area contributed by atoms with Gasteiger partial charge in [0.25, 0.3) is 0 Å². The Morgan fingerprint density at radius 3 is 1.57 bits per heavy atom. The minimum atomic E-state index is -5.59. The molecule has 0 aliphatic carbocycles. The Morgan fingerprint density at radius 1 is 0.857 bits per heavy atom. The first-order valence-corrected chi connectivity index (χ1v) is 6.94. The second-order valence-corrected chi connectivity index (χ2v) is 5.96. The second kappa shape index (κ2) is 4.46. The van der Waals surface area contributed by atoms with Gasteiger partial charge in [-0.2, -0.15) is 8.62 Å². The highest BCUT2D eigenvalue weighted by Crippen LogP contribution is 2.66. The van der Waals surface area contributed by atoms with Gasteiger partial charge < -0.3 is 19.6 Å². The van der Waals surface area contributed by atoms with Crippen molar-refractivity contribution in [2.75, 3.05) is 0 Å². The molecule has 0 heterocycles. The van der Waals surface area contributed by atoms with Gasteiger partial charge >= 0.3 is 23.5 Å². The van der Waals surface area contributed by atoms with Crippen LogP contribution >= 0.6 is 23.5 Å². The Labute approximate surface area is 75.6 Å². The van der Waals surface area contributed by atoms with Crippen LogP contribution in [0.1, 0.15) is 0 Å². The molecule has 10 nitrogen and oxygen atoms in total. The van der Waals surface area contributed by atoms with Gasteiger partial charge in [-0.25, -0.2) is 13.7 Å². The molecule has 0 aromatic heterocycles. The molecule has 2 unspecified atom stereocenters. The Kier molecular flexibility index (Phi) is 4.57. The summed E-state index contributed by atoms with van der Waals surface area (Å²) in [6.07, 6.45) is 0. The predicted molar refractivity (Wildman–Crippen MR) is 36.1 cm³/mol. The summed E-state index contributed by atoms with van der Waals surface area (Å²) >= 11 is 0. The Morgan fingerprint density at radius 2 is 1.29 bits per heavy atom. The summed E-state index contributed by atoms with van der Waals surface area (Å²) in [4.78, 5) is 32.5. The molecule has 14 heavy (non-hydrogen) atoms. The smallest absolute Gasteiger partial charge is 0.302 e. The van der Waals surface area contributed by atoms with E-state index in [2.05, 4.69) is 13.3 Å². The van der Waals surface area contributed by atoms with E-state index >= 15 is 0 Å². The molecule has 0 spiro atoms. The first kappa shape index (κ1) is 14.3. The SMILES string of the molecule is O=P(O)(O)OP(=O)(O)OP(=O)(O)OF. The predicted octanol–water partition coefficient (Wildman–Crippen LogP) is 0.214. The fourth-order valence-corrected chi connectivity index (χ4v) is 2.90. The quantitative estimate of drug-likeness (QED) is 0.511. The maximum Gasteiger partial charge on any atom is 0.512 e. The van der Waals surface area contributed by atoms with Crippen LogP contribution in [0.5, 0.6) is 0 Å². The summed E-state index contributed by atoms with van der Waals surface area (Å²) in [5.74, 6) is 0. The minimum absolute atomic E-state index is 2.21. The van der Waals surface area contributed by atoms with E-state index < -0.39 is 23.5 Å². The summed E-state index contributed by atoms with van der Waals surface area (Å²) < 4.78 is 50.0. The molecule has 14 heteroatoms. The van der Waals surface area contributed by atoms with Crippen LogP contribution in [-0.2, 0) is 27.0 Å². The van der Waals surface area contributed by atoms with E-state index in [1.54, 1.807) is 0 Å². The average molecular weight is 276 g/mol. The normalized spacial score (nSPS) is 21.2. The average Bonchev–Trinajstić information content (AvgIpc) is 1.78. The largest absolute Gasteiger partial charge is 0.512 e. The Balaban J connectivity index is 4.60. The van der Waals surface area contributed by atoms with Crippen molar-refractivity contribution >= 4 is 23.5 Å². The number of hydrogen-bond acceptors (Lipinski definition) is 6. The molecule has 0 fully saturated rings. The van der Waals surface area contributed by atoms with E-state index in [9.17, 15) is 18.2 Å². The lowest BCUT2D eigenvalue weighted by atomic mass is 15.6. The Hall–Kier alpha value is 0.340. The van der Waals surface area contributed by atoms with Gasteiger partial charge in [0, 0.05) is 0 Å². The Bertz CT molecular complexity index is 324. The number of phosphoric acid groups is 3. The highest BCUT2D eigenvalue weighted by molar-refractivity contribution is 7.66. The maximum absolute atomic E-state index is 11.1. The molecule has 0 bridgehead atoms. The van der Waals surface area contributed by atoms with Crippen LogP contribution in [0, 0.1) is 0 Å². The van der Waals surface area contributed by atoms with Crippen molar-refractivity contribution in [2.24, 2.45) is 0 Å². The zero-order chi connectivity index (χ0) is 11.6. The topological polar surface area (TPSA) is 160 Å². The van der Waals surface area contributed by atoms with Crippen LogP contribution < -0.4 is 0 Å². The molecule has 0 aromatic rings. The van der Waals surface area contributed by atoms with E-state index in [4.69, 9.17) is 19.6 Å². The van der Waals surface area contributed by atoms with Crippen molar-refractivity contribution in [1.29, 1.82) is 0 Å². The first-order valence-electron chi connectivity index (χ1n) is 2.41. The molecule has 0 aliphatic rings. The van der Waals surface area contributed by atoms with Crippen molar-refractivity contribution in [2.45, 2.75) is 0 Å². The van der Waals surface area contributed by atoms with Crippen LogP contribution in [0.2, 0.25) is 0 Å². The number of halogens is 1. The summed E-state index contributed by atoms with van der Waals surface area (Å²) in [6.45, 7) is 0. The van der Waals surface area contributed by atoms with Gasteiger partial charge in [-0.15, -0.1) is 0 Å². The molecule has 2 atom stereocenters. The molecule has 0 radical (unpaired) electrons. The highest BCUT2D eigenvalue weighted by Gasteiger charge is 2.41. The molecular formula is H4FO10P3. The van der Waals surface area contributed by atoms with Crippen molar-refractivity contribution in [1.82, 2.24) is 0 Å². The minimum Gasteiger partial charge on any atom is -0.302 e. The van der Waals surface area contributed by atoms with Crippen LogP contribution in [0.4, 0.5) is 4.53 Å². The molecule has 0 saturated carbocycles. The summed E-state index contributed by atoms with van der Waals surface area (Å²) in [6, 6.07) is 0. The lowest BCUT2D eigenvalue weighted by molar-refractivity contribution is -0.0383. The summed E-state index contributed by atoms with van der Waals surface area (Å²) in [5, 5.41) is 0. The lowest BCUT2D eigenvalue weighted by Crippen LogP contribution is -1.92. The molecule has 0 amide bonds. The van der Waals surface area contributed by atoms with Gasteiger partial charge in [0.2, 0.25) is 0 Å². The second-order valence-electron chi connectivity index (χ2n) is 1.66. The first-order chi connectivity index (χ1) is 5.97. The van der Waals surface area contributed by atoms with Crippen LogP contribution in [0.25, 0.3) is 0 Å². The van der Waals surface area contributed by atoms with Gasteiger partial charge in [0.15, 0.2) is 0 Å². The van der Waals surface area contributed by atoms with E-state index in [0.717, 1.165) is 0 Å². The van der Waals surface area contributed by atoms with Crippen molar-refractivity contribution in [3.63, 3.8) is 0 Å². The molecule has 0 rings (SSSR count). The molecule has 4 N–H and O–H groups in total. The third-order valence-corrected chi connectivity index (χ3v) is 4.00. The fraction of sp³-hybridized carbons (Fsp3) is 0. The summed E-state index contributed by atoms with van der Waals surface area (Å²) in [5.41, 5.74) is 0. The molecule has 0 aliphatic heterocycles. The van der Waals surface area contributed by atoms with Crippen LogP contribution in [0.15, 0.2) is 0 Å². The zero-order valence-corrected chi connectivity index (χ0v) is 8.64. The molecular weight excluding hydrogens is 272 g/mol. The third-order valence-electron chi connectivity index (χ3n) is 0.503. The standard InChI is InChI=1S/FH4O10P3/c1-9-13(5,6)11-14(7,8)10-12(2,3)4/h(H,5,6)(H,7,8)(H2,2,3,4). The van der Waals surface area contributed by atoms with Gasteiger partial charge in [-0.3, -0.25) is 0 Å². The fourth-order valence-electron chi connectivity index (χ4n) is 0.292. The van der Waals surface area contributed by atoms with Gasteiger partial charge in [0.1, 0.15) is 0 Å². The molecule has 0 saturated heterocycles. The van der Waals surface area contributed by atoms with E-state index in [0.29, 0.717) is 0 Å². The number of rotatable bonds is 5. The van der Waals surface area contributed by atoms with Crippen LogP contribution in [-0.4, -0.2) is 19.6 Å². The molecule has 86 valence electrons. The van der Waals surface area contributed by atoms with Crippen LogP contribution in [0.3, 0.4) is 0 Å². The highest BCUT2D eigenvalue weighted by atomic mass is 31.3. The van der Waals surface area contributed by atoms with Crippen molar-refractivity contribution < 1.29 is 51.1 Å². The monoisotopic (exact) mass is 276 g/mol. The maximum atomic E-state index is 11.1. The van der Waals surface area contributed by atoms with E-state index in [-0.39, 0.29) is 0 Å². The van der Waals surface area contributed by atoms with Crippen molar-refractivity contribution in [3.8, 4) is 0 Å². The van der Waals surface area contributed by atoms with Gasteiger partial charge in [-0.1, -0.05) is 4.73 Å². The van der Waals surface area contributed by atoms with E-state index in [1.807, 2.05) is 0 Å². The molecule has 0 aromatic carbocycles.